The molecule has 3 aromatic rings. The number of sulfonamides is 1. The molecule has 33 heavy (non-hydrogen) atoms. The van der Waals surface area contributed by atoms with Gasteiger partial charge in [-0.2, -0.15) is 4.80 Å². The molecule has 0 spiro atoms. The van der Waals surface area contributed by atoms with E-state index in [1.807, 2.05) is 0 Å². The monoisotopic (exact) mass is 510 g/mol. The Morgan fingerprint density at radius 1 is 1.24 bits per heavy atom. The number of benzene rings is 1. The van der Waals surface area contributed by atoms with Crippen LogP contribution in [-0.4, -0.2) is 50.8 Å². The molecule has 0 saturated carbocycles. The van der Waals surface area contributed by atoms with E-state index in [1.165, 1.54) is 19.1 Å². The SMILES string of the molecule is C[C@](O)(CS(N)(=O)=O)c1ccc(Cl)c(-c2nnn(Cc3cc(OC(F)(F)F)ccc3F)n2)n1. The van der Waals surface area contributed by atoms with E-state index in [9.17, 15) is 31.1 Å². The highest BCUT2D eigenvalue weighted by Crippen LogP contribution is 2.28. The number of alkyl halides is 3. The lowest BCUT2D eigenvalue weighted by Gasteiger charge is -2.21. The number of tetrazole rings is 1. The quantitative estimate of drug-likeness (QED) is 0.459. The van der Waals surface area contributed by atoms with Gasteiger partial charge in [-0.25, -0.2) is 22.9 Å². The normalized spacial score (nSPS) is 14.2. The summed E-state index contributed by atoms with van der Waals surface area (Å²) in [6.45, 7) is 0.773. The van der Waals surface area contributed by atoms with Crippen molar-refractivity contribution in [2.75, 3.05) is 5.75 Å². The molecule has 2 aromatic heterocycles. The number of hydrogen-bond donors (Lipinski definition) is 2. The Morgan fingerprint density at radius 3 is 2.58 bits per heavy atom. The number of hydrogen-bond acceptors (Lipinski definition) is 8. The van der Waals surface area contributed by atoms with Gasteiger partial charge in [0.25, 0.3) is 0 Å². The molecule has 0 saturated heterocycles. The van der Waals surface area contributed by atoms with E-state index in [0.717, 1.165) is 23.0 Å². The molecule has 2 heterocycles. The summed E-state index contributed by atoms with van der Waals surface area (Å²) in [7, 11) is -4.05. The van der Waals surface area contributed by atoms with Crippen LogP contribution in [0.1, 0.15) is 18.2 Å². The summed E-state index contributed by atoms with van der Waals surface area (Å²) >= 11 is 6.10. The zero-order valence-corrected chi connectivity index (χ0v) is 18.2. The van der Waals surface area contributed by atoms with Crippen molar-refractivity contribution in [3.8, 4) is 17.3 Å². The standard InChI is InChI=1S/C17H15ClF4N6O4S/c1-16(29,8-33(23,30)31)13-5-3-11(18)14(24-13)15-25-27-28(26-15)7-9-6-10(2-4-12(9)19)32-17(20,21)22/h2-6,29H,7-8H2,1H3,(H2,23,30,31)/t16-/m0/s1. The Kier molecular flexibility index (Phi) is 6.61. The molecule has 0 amide bonds. The molecule has 178 valence electrons. The molecule has 0 radical (unpaired) electrons. The molecule has 1 aromatic carbocycles. The largest absolute Gasteiger partial charge is 0.573 e. The number of nitrogens with two attached hydrogens (primary N) is 1. The highest BCUT2D eigenvalue weighted by molar-refractivity contribution is 7.89. The number of aromatic nitrogens is 5. The smallest absolute Gasteiger partial charge is 0.406 e. The summed E-state index contributed by atoms with van der Waals surface area (Å²) < 4.78 is 77.8. The summed E-state index contributed by atoms with van der Waals surface area (Å²) in [4.78, 5) is 4.96. The Bertz CT molecular complexity index is 1280. The van der Waals surface area contributed by atoms with Crippen molar-refractivity contribution in [3.63, 3.8) is 0 Å². The Hall–Kier alpha value is -2.88. The van der Waals surface area contributed by atoms with E-state index in [1.54, 1.807) is 0 Å². The third kappa shape index (κ3) is 6.56. The van der Waals surface area contributed by atoms with Crippen molar-refractivity contribution in [2.24, 2.45) is 5.14 Å². The second-order valence-corrected chi connectivity index (χ2v) is 9.07. The van der Waals surface area contributed by atoms with Gasteiger partial charge < -0.3 is 9.84 Å². The summed E-state index contributed by atoms with van der Waals surface area (Å²) in [6, 6.07) is 5.04. The lowest BCUT2D eigenvalue weighted by molar-refractivity contribution is -0.274. The Morgan fingerprint density at radius 2 is 1.94 bits per heavy atom. The van der Waals surface area contributed by atoms with Crippen LogP contribution < -0.4 is 9.88 Å². The van der Waals surface area contributed by atoms with Crippen molar-refractivity contribution in [1.82, 2.24) is 25.2 Å². The Labute approximate surface area is 189 Å². The fraction of sp³-hybridized carbons (Fsp3) is 0.294. The molecule has 16 heteroatoms. The van der Waals surface area contributed by atoms with Gasteiger partial charge in [-0.3, -0.25) is 0 Å². The number of ether oxygens (including phenoxy) is 1. The zero-order valence-electron chi connectivity index (χ0n) is 16.6. The van der Waals surface area contributed by atoms with Gasteiger partial charge in [0.2, 0.25) is 15.8 Å². The molecular formula is C17H15ClF4N6O4S. The second kappa shape index (κ2) is 8.81. The van der Waals surface area contributed by atoms with Crippen molar-refractivity contribution < 1.29 is 35.8 Å². The number of halogens is 5. The average Bonchev–Trinajstić information content (AvgIpc) is 3.10. The maximum atomic E-state index is 14.1. The van der Waals surface area contributed by atoms with Crippen molar-refractivity contribution >= 4 is 21.6 Å². The number of rotatable bonds is 7. The van der Waals surface area contributed by atoms with E-state index < -0.39 is 45.9 Å². The van der Waals surface area contributed by atoms with Gasteiger partial charge in [-0.05, 0) is 42.5 Å². The molecule has 3 N–H and O–H groups in total. The van der Waals surface area contributed by atoms with Crippen LogP contribution in [-0.2, 0) is 22.2 Å². The topological polar surface area (TPSA) is 146 Å². The minimum atomic E-state index is -4.95. The Balaban J connectivity index is 1.89. The van der Waals surface area contributed by atoms with Gasteiger partial charge in [0.1, 0.15) is 22.9 Å². The van der Waals surface area contributed by atoms with Gasteiger partial charge in [0.15, 0.2) is 0 Å². The number of aliphatic hydroxyl groups is 1. The molecule has 1 atom stereocenters. The third-order valence-electron chi connectivity index (χ3n) is 4.11. The minimum absolute atomic E-state index is 0.0245. The van der Waals surface area contributed by atoms with Crippen LogP contribution in [0.3, 0.4) is 0 Å². The maximum Gasteiger partial charge on any atom is 0.573 e. The average molecular weight is 511 g/mol. The van der Waals surface area contributed by atoms with Gasteiger partial charge in [-0.1, -0.05) is 11.6 Å². The van der Waals surface area contributed by atoms with Gasteiger partial charge >= 0.3 is 6.36 Å². The van der Waals surface area contributed by atoms with Gasteiger partial charge in [0, 0.05) is 5.56 Å². The maximum absolute atomic E-state index is 14.1. The zero-order chi connectivity index (χ0) is 24.6. The number of pyridine rings is 1. The van der Waals surface area contributed by atoms with E-state index >= 15 is 0 Å². The van der Waals surface area contributed by atoms with Crippen LogP contribution in [0.2, 0.25) is 5.02 Å². The fourth-order valence-electron chi connectivity index (χ4n) is 2.79. The van der Waals surface area contributed by atoms with E-state index in [0.29, 0.717) is 0 Å². The van der Waals surface area contributed by atoms with Crippen LogP contribution in [0, 0.1) is 5.82 Å². The fourth-order valence-corrected chi connectivity index (χ4v) is 3.91. The lowest BCUT2D eigenvalue weighted by atomic mass is 10.0. The second-order valence-electron chi connectivity index (χ2n) is 7.05. The molecule has 0 aliphatic rings. The van der Waals surface area contributed by atoms with E-state index in [2.05, 4.69) is 25.1 Å². The summed E-state index contributed by atoms with van der Waals surface area (Å²) in [5, 5.41) is 26.9. The predicted octanol–water partition coefficient (Wildman–Crippen LogP) is 1.97. The molecule has 0 unspecified atom stereocenters. The molecule has 0 aliphatic carbocycles. The van der Waals surface area contributed by atoms with Crippen molar-refractivity contribution in [3.05, 3.63) is 52.4 Å². The first-order valence-electron chi connectivity index (χ1n) is 8.85. The summed E-state index contributed by atoms with van der Waals surface area (Å²) in [5.74, 6) is -2.46. The van der Waals surface area contributed by atoms with Crippen LogP contribution in [0.4, 0.5) is 17.6 Å². The number of nitrogens with zero attached hydrogens (tertiary/aromatic N) is 5. The molecule has 0 fully saturated rings. The van der Waals surface area contributed by atoms with E-state index in [4.69, 9.17) is 16.7 Å². The highest BCUT2D eigenvalue weighted by atomic mass is 35.5. The molecule has 3 rings (SSSR count). The third-order valence-corrected chi connectivity index (χ3v) is 5.38. The number of primary sulfonamides is 1. The van der Waals surface area contributed by atoms with Crippen molar-refractivity contribution in [2.45, 2.75) is 25.4 Å². The van der Waals surface area contributed by atoms with E-state index in [-0.39, 0.29) is 27.8 Å². The molecular weight excluding hydrogens is 496 g/mol. The molecule has 0 aliphatic heterocycles. The van der Waals surface area contributed by atoms with Gasteiger partial charge in [0.05, 0.1) is 23.0 Å². The molecule has 10 nitrogen and oxygen atoms in total. The predicted molar refractivity (Wildman–Crippen MR) is 106 cm³/mol. The first kappa shape index (κ1) is 24.8. The van der Waals surface area contributed by atoms with Crippen LogP contribution in [0.5, 0.6) is 5.75 Å². The lowest BCUT2D eigenvalue weighted by Crippen LogP contribution is -2.35. The van der Waals surface area contributed by atoms with Gasteiger partial charge in [-0.15, -0.1) is 23.4 Å². The van der Waals surface area contributed by atoms with Crippen LogP contribution in [0.15, 0.2) is 30.3 Å². The molecule has 0 bridgehead atoms. The first-order valence-corrected chi connectivity index (χ1v) is 10.9. The van der Waals surface area contributed by atoms with Crippen molar-refractivity contribution in [1.29, 1.82) is 0 Å². The highest BCUT2D eigenvalue weighted by Gasteiger charge is 2.32. The first-order chi connectivity index (χ1) is 15.1. The summed E-state index contributed by atoms with van der Waals surface area (Å²) in [6.07, 6.45) is -4.95. The van der Waals surface area contributed by atoms with Crippen LogP contribution in [0.25, 0.3) is 11.5 Å². The summed E-state index contributed by atoms with van der Waals surface area (Å²) in [5.41, 5.74) is -2.37. The minimum Gasteiger partial charge on any atom is -0.406 e. The van der Waals surface area contributed by atoms with Crippen LogP contribution >= 0.6 is 11.6 Å².